The van der Waals surface area contributed by atoms with Gasteiger partial charge in [0.25, 0.3) is 0 Å². The van der Waals surface area contributed by atoms with Crippen molar-refractivity contribution < 1.29 is 9.53 Å². The monoisotopic (exact) mass is 302 g/mol. The van der Waals surface area contributed by atoms with E-state index in [-0.39, 0.29) is 11.9 Å². The highest BCUT2D eigenvalue weighted by molar-refractivity contribution is 5.82. The molecule has 4 nitrogen and oxygen atoms in total. The summed E-state index contributed by atoms with van der Waals surface area (Å²) in [6, 6.07) is 8.34. The molecular formula is C18H26N2O2. The third kappa shape index (κ3) is 3.50. The first-order valence-electron chi connectivity index (χ1n) is 8.44. The molecule has 0 aromatic heterocycles. The number of hydrogen-bond acceptors (Lipinski definition) is 3. The molecule has 0 aliphatic carbocycles. The lowest BCUT2D eigenvalue weighted by Gasteiger charge is -2.36. The first kappa shape index (κ1) is 15.5. The van der Waals surface area contributed by atoms with Gasteiger partial charge in [0.05, 0.1) is 12.6 Å². The van der Waals surface area contributed by atoms with Crippen LogP contribution in [0.1, 0.15) is 30.9 Å². The lowest BCUT2D eigenvalue weighted by atomic mass is 9.93. The van der Waals surface area contributed by atoms with Crippen LogP contribution in [0.4, 0.5) is 0 Å². The molecule has 0 spiro atoms. The van der Waals surface area contributed by atoms with Gasteiger partial charge in [-0.3, -0.25) is 4.79 Å². The van der Waals surface area contributed by atoms with Gasteiger partial charge in [0.15, 0.2) is 0 Å². The van der Waals surface area contributed by atoms with Crippen molar-refractivity contribution in [2.45, 2.75) is 38.8 Å². The fraction of sp³-hybridized carbons (Fsp3) is 0.611. The van der Waals surface area contributed by atoms with E-state index < -0.39 is 0 Å². The Morgan fingerprint density at radius 1 is 1.36 bits per heavy atom. The normalized spacial score (nSPS) is 24.9. The summed E-state index contributed by atoms with van der Waals surface area (Å²) in [6.07, 6.45) is 3.07. The van der Waals surface area contributed by atoms with Gasteiger partial charge in [-0.05, 0) is 43.2 Å². The van der Waals surface area contributed by atoms with Crippen LogP contribution < -0.4 is 5.32 Å². The molecule has 0 bridgehead atoms. The smallest absolute Gasteiger partial charge is 0.240 e. The molecule has 2 aliphatic rings. The molecule has 2 heterocycles. The van der Waals surface area contributed by atoms with Crippen molar-refractivity contribution in [3.8, 4) is 0 Å². The average molecular weight is 302 g/mol. The van der Waals surface area contributed by atoms with Gasteiger partial charge < -0.3 is 15.0 Å². The molecule has 2 aliphatic heterocycles. The minimum Gasteiger partial charge on any atom is -0.381 e. The Morgan fingerprint density at radius 2 is 2.18 bits per heavy atom. The summed E-state index contributed by atoms with van der Waals surface area (Å²) in [5.41, 5.74) is 2.63. The van der Waals surface area contributed by atoms with Crippen molar-refractivity contribution in [2.75, 3.05) is 26.3 Å². The fourth-order valence-corrected chi connectivity index (χ4v) is 3.54. The number of benzene rings is 1. The summed E-state index contributed by atoms with van der Waals surface area (Å²) in [4.78, 5) is 14.8. The summed E-state index contributed by atoms with van der Waals surface area (Å²) in [5, 5.41) is 3.41. The second-order valence-electron chi connectivity index (χ2n) is 6.36. The number of piperidine rings is 1. The molecule has 2 atom stereocenters. The molecule has 1 saturated heterocycles. The second kappa shape index (κ2) is 7.25. The van der Waals surface area contributed by atoms with Gasteiger partial charge in [-0.1, -0.05) is 24.3 Å². The number of likely N-dealkylation sites (tertiary alicyclic amines) is 1. The van der Waals surface area contributed by atoms with Crippen molar-refractivity contribution in [2.24, 2.45) is 5.92 Å². The number of amides is 1. The lowest BCUT2D eigenvalue weighted by Crippen LogP contribution is -2.52. The van der Waals surface area contributed by atoms with Crippen LogP contribution in [0.2, 0.25) is 0 Å². The molecule has 22 heavy (non-hydrogen) atoms. The Morgan fingerprint density at radius 3 is 3.00 bits per heavy atom. The maximum absolute atomic E-state index is 12.8. The van der Waals surface area contributed by atoms with Gasteiger partial charge in [-0.2, -0.15) is 0 Å². The van der Waals surface area contributed by atoms with Crippen LogP contribution in [0.25, 0.3) is 0 Å². The molecule has 0 unspecified atom stereocenters. The number of nitrogens with zero attached hydrogens (tertiary/aromatic N) is 1. The van der Waals surface area contributed by atoms with Crippen LogP contribution in [0, 0.1) is 5.92 Å². The SMILES string of the molecule is CCOC[C@@H]1CCCN(C(=O)[C@@H]2Cc3ccccc3CN2)C1. The molecule has 0 saturated carbocycles. The number of hydrogen-bond donors (Lipinski definition) is 1. The van der Waals surface area contributed by atoms with Crippen LogP contribution in [-0.4, -0.2) is 43.2 Å². The summed E-state index contributed by atoms with van der Waals surface area (Å²) in [7, 11) is 0. The highest BCUT2D eigenvalue weighted by Gasteiger charge is 2.30. The maximum atomic E-state index is 12.8. The van der Waals surface area contributed by atoms with Crippen LogP contribution in [-0.2, 0) is 22.5 Å². The first-order chi connectivity index (χ1) is 10.8. The van der Waals surface area contributed by atoms with E-state index in [1.807, 2.05) is 11.8 Å². The van der Waals surface area contributed by atoms with E-state index in [1.165, 1.54) is 17.5 Å². The van der Waals surface area contributed by atoms with E-state index in [4.69, 9.17) is 4.74 Å². The fourth-order valence-electron chi connectivity index (χ4n) is 3.54. The first-order valence-corrected chi connectivity index (χ1v) is 8.44. The van der Waals surface area contributed by atoms with E-state index in [2.05, 4.69) is 29.6 Å². The summed E-state index contributed by atoms with van der Waals surface area (Å²) in [5.74, 6) is 0.754. The molecule has 1 fully saturated rings. The number of ether oxygens (including phenoxy) is 1. The number of fused-ring (bicyclic) bond motifs is 1. The Balaban J connectivity index is 1.60. The Hall–Kier alpha value is -1.39. The van der Waals surface area contributed by atoms with Crippen molar-refractivity contribution in [1.82, 2.24) is 10.2 Å². The van der Waals surface area contributed by atoms with E-state index in [0.717, 1.165) is 45.7 Å². The highest BCUT2D eigenvalue weighted by atomic mass is 16.5. The minimum absolute atomic E-state index is 0.0688. The molecular weight excluding hydrogens is 276 g/mol. The zero-order valence-corrected chi connectivity index (χ0v) is 13.4. The van der Waals surface area contributed by atoms with Gasteiger partial charge in [0.1, 0.15) is 0 Å². The van der Waals surface area contributed by atoms with Crippen molar-refractivity contribution in [3.63, 3.8) is 0 Å². The molecule has 0 radical (unpaired) electrons. The molecule has 1 aromatic carbocycles. The molecule has 1 amide bonds. The van der Waals surface area contributed by atoms with E-state index in [0.29, 0.717) is 5.92 Å². The Labute approximate surface area is 132 Å². The summed E-state index contributed by atoms with van der Waals surface area (Å²) < 4.78 is 5.54. The van der Waals surface area contributed by atoms with Crippen LogP contribution in [0.3, 0.4) is 0 Å². The lowest BCUT2D eigenvalue weighted by molar-refractivity contribution is -0.136. The van der Waals surface area contributed by atoms with Gasteiger partial charge in [0.2, 0.25) is 5.91 Å². The average Bonchev–Trinajstić information content (AvgIpc) is 2.59. The molecule has 3 rings (SSSR count). The molecule has 4 heteroatoms. The van der Waals surface area contributed by atoms with Crippen LogP contribution >= 0.6 is 0 Å². The van der Waals surface area contributed by atoms with E-state index in [1.54, 1.807) is 0 Å². The van der Waals surface area contributed by atoms with Crippen molar-refractivity contribution in [3.05, 3.63) is 35.4 Å². The Bertz CT molecular complexity index is 518. The van der Waals surface area contributed by atoms with Gasteiger partial charge in [0, 0.05) is 26.2 Å². The number of carbonyl (C=O) groups is 1. The van der Waals surface area contributed by atoms with Crippen molar-refractivity contribution in [1.29, 1.82) is 0 Å². The van der Waals surface area contributed by atoms with Gasteiger partial charge in [-0.25, -0.2) is 0 Å². The third-order valence-corrected chi connectivity index (χ3v) is 4.77. The molecule has 1 N–H and O–H groups in total. The Kier molecular flexibility index (Phi) is 5.11. The van der Waals surface area contributed by atoms with Crippen LogP contribution in [0.15, 0.2) is 24.3 Å². The predicted octanol–water partition coefficient (Wildman–Crippen LogP) is 1.98. The largest absolute Gasteiger partial charge is 0.381 e. The van der Waals surface area contributed by atoms with Gasteiger partial charge >= 0.3 is 0 Å². The van der Waals surface area contributed by atoms with E-state index >= 15 is 0 Å². The quantitative estimate of drug-likeness (QED) is 0.924. The molecule has 1 aromatic rings. The molecule has 120 valence electrons. The number of rotatable bonds is 4. The summed E-state index contributed by atoms with van der Waals surface area (Å²) >= 11 is 0. The zero-order valence-electron chi connectivity index (χ0n) is 13.4. The highest BCUT2D eigenvalue weighted by Crippen LogP contribution is 2.21. The van der Waals surface area contributed by atoms with Gasteiger partial charge in [-0.15, -0.1) is 0 Å². The van der Waals surface area contributed by atoms with Crippen molar-refractivity contribution >= 4 is 5.91 Å². The third-order valence-electron chi connectivity index (χ3n) is 4.77. The number of carbonyl (C=O) groups excluding carboxylic acids is 1. The zero-order chi connectivity index (χ0) is 15.4. The maximum Gasteiger partial charge on any atom is 0.240 e. The summed E-state index contributed by atoms with van der Waals surface area (Å²) in [6.45, 7) is 6.09. The van der Waals surface area contributed by atoms with E-state index in [9.17, 15) is 4.79 Å². The topological polar surface area (TPSA) is 41.6 Å². The predicted molar refractivity (Wildman–Crippen MR) is 86.6 cm³/mol. The second-order valence-corrected chi connectivity index (χ2v) is 6.36. The standard InChI is InChI=1S/C18H26N2O2/c1-2-22-13-14-6-5-9-20(12-14)18(21)17-10-15-7-3-4-8-16(15)11-19-17/h3-4,7-8,14,17,19H,2,5-6,9-13H2,1H3/t14-,17+/m1/s1. The number of nitrogens with one attached hydrogen (secondary N) is 1. The minimum atomic E-state index is -0.0688. The van der Waals surface area contributed by atoms with Crippen LogP contribution in [0.5, 0.6) is 0 Å².